The van der Waals surface area contributed by atoms with E-state index in [0.717, 1.165) is 37.9 Å². The summed E-state index contributed by atoms with van der Waals surface area (Å²) < 4.78 is 5.08. The summed E-state index contributed by atoms with van der Waals surface area (Å²) in [5, 5.41) is 11.4. The predicted molar refractivity (Wildman–Crippen MR) is 105 cm³/mol. The second kappa shape index (κ2) is 8.65. The van der Waals surface area contributed by atoms with Crippen LogP contribution in [-0.4, -0.2) is 36.4 Å². The molecular weight excluding hydrogens is 360 g/mol. The van der Waals surface area contributed by atoms with E-state index in [9.17, 15) is 19.7 Å². The lowest BCUT2D eigenvalue weighted by Gasteiger charge is -2.17. The molecule has 0 radical (unpaired) electrons. The Hall–Kier alpha value is -3.22. The van der Waals surface area contributed by atoms with Crippen LogP contribution >= 0.6 is 0 Å². The third-order valence-corrected chi connectivity index (χ3v) is 4.87. The number of nitro groups is 1. The van der Waals surface area contributed by atoms with Gasteiger partial charge in [0.05, 0.1) is 10.5 Å². The first-order valence-electron chi connectivity index (χ1n) is 9.32. The zero-order chi connectivity index (χ0) is 20.1. The number of Topliss-reactive ketones (excluding diaryl/α,β-unsaturated/α-hetero) is 1. The molecular formula is C21H22N2O5. The van der Waals surface area contributed by atoms with Gasteiger partial charge in [-0.1, -0.05) is 31.2 Å². The zero-order valence-electron chi connectivity index (χ0n) is 15.7. The van der Waals surface area contributed by atoms with Crippen LogP contribution in [-0.2, 0) is 11.2 Å². The Labute approximate surface area is 163 Å². The second-order valence-corrected chi connectivity index (χ2v) is 6.70. The van der Waals surface area contributed by atoms with Crippen molar-refractivity contribution in [2.75, 3.05) is 24.6 Å². The SMILES string of the molecule is CCc1ccc(C(=O)COC(=O)c2ccc(N3CCCC3)c([N+](=O)[O-])c2)cc1. The van der Waals surface area contributed by atoms with Crippen molar-refractivity contribution in [3.8, 4) is 0 Å². The molecule has 7 heteroatoms. The number of rotatable bonds is 7. The molecule has 2 aromatic rings. The van der Waals surface area contributed by atoms with Gasteiger partial charge in [-0.2, -0.15) is 0 Å². The number of carbonyl (C=O) groups excluding carboxylic acids is 2. The van der Waals surface area contributed by atoms with Crippen LogP contribution in [0, 0.1) is 10.1 Å². The quantitative estimate of drug-likeness (QED) is 0.313. The summed E-state index contributed by atoms with van der Waals surface area (Å²) in [4.78, 5) is 37.3. The van der Waals surface area contributed by atoms with Crippen LogP contribution in [0.5, 0.6) is 0 Å². The lowest BCUT2D eigenvalue weighted by Crippen LogP contribution is -2.19. The Kier molecular flexibility index (Phi) is 6.03. The van der Waals surface area contributed by atoms with Gasteiger partial charge >= 0.3 is 5.97 Å². The monoisotopic (exact) mass is 382 g/mol. The summed E-state index contributed by atoms with van der Waals surface area (Å²) in [5.41, 5.74) is 2.01. The molecule has 1 saturated heterocycles. The number of aryl methyl sites for hydroxylation is 1. The first-order valence-corrected chi connectivity index (χ1v) is 9.32. The van der Waals surface area contributed by atoms with Crippen molar-refractivity contribution in [2.24, 2.45) is 0 Å². The number of ketones is 1. The van der Waals surface area contributed by atoms with E-state index >= 15 is 0 Å². The highest BCUT2D eigenvalue weighted by atomic mass is 16.6. The van der Waals surface area contributed by atoms with Crippen molar-refractivity contribution in [3.05, 3.63) is 69.3 Å². The summed E-state index contributed by atoms with van der Waals surface area (Å²) in [7, 11) is 0. The first-order chi connectivity index (χ1) is 13.5. The van der Waals surface area contributed by atoms with Crippen molar-refractivity contribution in [3.63, 3.8) is 0 Å². The topological polar surface area (TPSA) is 89.8 Å². The molecule has 3 rings (SSSR count). The molecule has 1 heterocycles. The van der Waals surface area contributed by atoms with Crippen LogP contribution < -0.4 is 4.90 Å². The smallest absolute Gasteiger partial charge is 0.338 e. The minimum absolute atomic E-state index is 0.0591. The van der Waals surface area contributed by atoms with Gasteiger partial charge in [0.2, 0.25) is 0 Å². The third-order valence-electron chi connectivity index (χ3n) is 4.87. The van der Waals surface area contributed by atoms with Crippen molar-refractivity contribution >= 4 is 23.1 Å². The van der Waals surface area contributed by atoms with Crippen LogP contribution in [0.3, 0.4) is 0 Å². The Morgan fingerprint density at radius 1 is 1.07 bits per heavy atom. The van der Waals surface area contributed by atoms with Gasteiger partial charge in [0.15, 0.2) is 12.4 Å². The number of carbonyl (C=O) groups is 2. The average Bonchev–Trinajstić information content (AvgIpc) is 3.26. The maximum Gasteiger partial charge on any atom is 0.338 e. The molecule has 0 atom stereocenters. The number of hydrogen-bond donors (Lipinski definition) is 0. The highest BCUT2D eigenvalue weighted by Crippen LogP contribution is 2.31. The molecule has 2 aromatic carbocycles. The van der Waals surface area contributed by atoms with E-state index in [4.69, 9.17) is 4.74 Å². The molecule has 0 aromatic heterocycles. The molecule has 0 unspecified atom stereocenters. The molecule has 0 amide bonds. The summed E-state index contributed by atoms with van der Waals surface area (Å²) in [6.45, 7) is 3.13. The van der Waals surface area contributed by atoms with E-state index in [2.05, 4.69) is 0 Å². The summed E-state index contributed by atoms with van der Waals surface area (Å²) in [5.74, 6) is -1.08. The fourth-order valence-electron chi connectivity index (χ4n) is 3.25. The largest absolute Gasteiger partial charge is 0.454 e. The number of esters is 1. The van der Waals surface area contributed by atoms with Gasteiger partial charge in [-0.05, 0) is 37.0 Å². The highest BCUT2D eigenvalue weighted by molar-refractivity contribution is 5.99. The van der Waals surface area contributed by atoms with E-state index < -0.39 is 17.5 Å². The molecule has 0 bridgehead atoms. The maximum atomic E-state index is 12.3. The van der Waals surface area contributed by atoms with E-state index in [0.29, 0.717) is 11.3 Å². The number of nitro benzene ring substituents is 1. The minimum Gasteiger partial charge on any atom is -0.454 e. The zero-order valence-corrected chi connectivity index (χ0v) is 15.7. The third kappa shape index (κ3) is 4.36. The molecule has 1 aliphatic heterocycles. The molecule has 1 fully saturated rings. The van der Waals surface area contributed by atoms with E-state index in [1.165, 1.54) is 12.1 Å². The van der Waals surface area contributed by atoms with Crippen LogP contribution in [0.15, 0.2) is 42.5 Å². The Morgan fingerprint density at radius 3 is 2.32 bits per heavy atom. The maximum absolute atomic E-state index is 12.3. The molecule has 7 nitrogen and oxygen atoms in total. The Morgan fingerprint density at radius 2 is 1.71 bits per heavy atom. The van der Waals surface area contributed by atoms with Gasteiger partial charge in [-0.3, -0.25) is 14.9 Å². The van der Waals surface area contributed by atoms with Crippen molar-refractivity contribution in [2.45, 2.75) is 26.2 Å². The van der Waals surface area contributed by atoms with E-state index in [1.807, 2.05) is 24.0 Å². The number of benzene rings is 2. The van der Waals surface area contributed by atoms with Gasteiger partial charge in [-0.25, -0.2) is 4.79 Å². The molecule has 0 spiro atoms. The van der Waals surface area contributed by atoms with E-state index in [1.54, 1.807) is 18.2 Å². The number of ether oxygens (including phenoxy) is 1. The van der Waals surface area contributed by atoms with Crippen molar-refractivity contribution < 1.29 is 19.2 Å². The van der Waals surface area contributed by atoms with Gasteiger partial charge in [-0.15, -0.1) is 0 Å². The number of hydrogen-bond acceptors (Lipinski definition) is 6. The van der Waals surface area contributed by atoms with Gasteiger partial charge in [0.1, 0.15) is 5.69 Å². The first kappa shape index (κ1) is 19.5. The predicted octanol–water partition coefficient (Wildman–Crippen LogP) is 3.80. The molecule has 28 heavy (non-hydrogen) atoms. The average molecular weight is 382 g/mol. The van der Waals surface area contributed by atoms with Crippen molar-refractivity contribution in [1.82, 2.24) is 0 Å². The Bertz CT molecular complexity index is 886. The highest BCUT2D eigenvalue weighted by Gasteiger charge is 2.24. The van der Waals surface area contributed by atoms with Gasteiger partial charge in [0.25, 0.3) is 5.69 Å². The van der Waals surface area contributed by atoms with Crippen LogP contribution in [0.2, 0.25) is 0 Å². The van der Waals surface area contributed by atoms with E-state index in [-0.39, 0.29) is 17.0 Å². The second-order valence-electron chi connectivity index (χ2n) is 6.70. The summed E-state index contributed by atoms with van der Waals surface area (Å²) >= 11 is 0. The van der Waals surface area contributed by atoms with Gasteiger partial charge in [0, 0.05) is 24.7 Å². The molecule has 0 saturated carbocycles. The van der Waals surface area contributed by atoms with Crippen LogP contribution in [0.1, 0.15) is 46.0 Å². The fraction of sp³-hybridized carbons (Fsp3) is 0.333. The summed E-state index contributed by atoms with van der Waals surface area (Å²) in [6, 6.07) is 11.4. The lowest BCUT2D eigenvalue weighted by molar-refractivity contribution is -0.384. The lowest BCUT2D eigenvalue weighted by atomic mass is 10.1. The minimum atomic E-state index is -0.755. The molecule has 146 valence electrons. The molecule has 0 N–H and O–H groups in total. The van der Waals surface area contributed by atoms with Crippen LogP contribution in [0.4, 0.5) is 11.4 Å². The Balaban J connectivity index is 1.68. The van der Waals surface area contributed by atoms with Crippen molar-refractivity contribution in [1.29, 1.82) is 0 Å². The molecule has 1 aliphatic rings. The van der Waals surface area contributed by atoms with Gasteiger partial charge < -0.3 is 9.64 Å². The fourth-order valence-corrected chi connectivity index (χ4v) is 3.25. The number of nitrogens with zero attached hydrogens (tertiary/aromatic N) is 2. The molecule has 0 aliphatic carbocycles. The normalized spacial score (nSPS) is 13.4. The summed E-state index contributed by atoms with van der Waals surface area (Å²) in [6.07, 6.45) is 2.85. The number of anilines is 1. The van der Waals surface area contributed by atoms with Crippen LogP contribution in [0.25, 0.3) is 0 Å². The standard InChI is InChI=1S/C21H22N2O5/c1-2-15-5-7-16(8-6-15)20(24)14-28-21(25)17-9-10-18(19(13-17)23(26)27)22-11-3-4-12-22/h5-10,13H,2-4,11-12,14H2,1H3.